The molecule has 4 nitrogen and oxygen atoms in total. The Balaban J connectivity index is 1.49. The average Bonchev–Trinajstić information content (AvgIpc) is 3.07. The summed E-state index contributed by atoms with van der Waals surface area (Å²) in [6.07, 6.45) is 13.8. The fourth-order valence-electron chi connectivity index (χ4n) is 3.37. The van der Waals surface area contributed by atoms with Crippen LogP contribution in [-0.4, -0.2) is 15.5 Å². The SMILES string of the molecule is O=C(CCC1CCCCC1)Nc1cccc(Cn2ccnc2)c1. The summed E-state index contributed by atoms with van der Waals surface area (Å²) >= 11 is 0. The Morgan fingerprint density at radius 3 is 2.91 bits per heavy atom. The van der Waals surface area contributed by atoms with Crippen molar-refractivity contribution in [2.45, 2.75) is 51.5 Å². The van der Waals surface area contributed by atoms with Gasteiger partial charge in [0.15, 0.2) is 0 Å². The zero-order chi connectivity index (χ0) is 15.9. The molecule has 1 aliphatic carbocycles. The third-order valence-electron chi connectivity index (χ3n) is 4.64. The van der Waals surface area contributed by atoms with Gasteiger partial charge < -0.3 is 9.88 Å². The molecule has 1 heterocycles. The highest BCUT2D eigenvalue weighted by Crippen LogP contribution is 2.27. The summed E-state index contributed by atoms with van der Waals surface area (Å²) in [6.45, 7) is 0.770. The number of nitrogens with zero attached hydrogens (tertiary/aromatic N) is 2. The molecule has 0 bridgehead atoms. The predicted octanol–water partition coefficient (Wildman–Crippen LogP) is 4.23. The fourth-order valence-corrected chi connectivity index (χ4v) is 3.37. The molecule has 1 N–H and O–H groups in total. The standard InChI is InChI=1S/C19H25N3O/c23-19(10-9-16-5-2-1-3-6-16)21-18-8-4-7-17(13-18)14-22-12-11-20-15-22/h4,7-8,11-13,15-16H,1-3,5-6,9-10,14H2,(H,21,23). The molecule has 0 aliphatic heterocycles. The number of amides is 1. The molecule has 0 radical (unpaired) electrons. The Morgan fingerprint density at radius 2 is 2.13 bits per heavy atom. The topological polar surface area (TPSA) is 46.9 Å². The van der Waals surface area contributed by atoms with Gasteiger partial charge in [-0.1, -0.05) is 44.2 Å². The van der Waals surface area contributed by atoms with Gasteiger partial charge in [0.05, 0.1) is 6.33 Å². The van der Waals surface area contributed by atoms with Crippen LogP contribution in [-0.2, 0) is 11.3 Å². The molecule has 1 aromatic heterocycles. The van der Waals surface area contributed by atoms with Crippen molar-refractivity contribution in [3.05, 3.63) is 48.5 Å². The van der Waals surface area contributed by atoms with Crippen molar-refractivity contribution < 1.29 is 4.79 Å². The molecular weight excluding hydrogens is 286 g/mol. The second-order valence-corrected chi connectivity index (χ2v) is 6.53. The highest BCUT2D eigenvalue weighted by molar-refractivity contribution is 5.90. The fraction of sp³-hybridized carbons (Fsp3) is 0.474. The summed E-state index contributed by atoms with van der Waals surface area (Å²) in [5.74, 6) is 0.887. The van der Waals surface area contributed by atoms with E-state index in [0.717, 1.165) is 30.1 Å². The molecular formula is C19H25N3O. The van der Waals surface area contributed by atoms with Gasteiger partial charge in [-0.2, -0.15) is 0 Å². The van der Waals surface area contributed by atoms with Gasteiger partial charge in [0.2, 0.25) is 5.91 Å². The number of nitrogens with one attached hydrogen (secondary N) is 1. The van der Waals surface area contributed by atoms with E-state index >= 15 is 0 Å². The molecule has 0 atom stereocenters. The van der Waals surface area contributed by atoms with E-state index in [0.29, 0.717) is 6.42 Å². The molecule has 1 aliphatic rings. The quantitative estimate of drug-likeness (QED) is 0.867. The lowest BCUT2D eigenvalue weighted by Gasteiger charge is -2.21. The zero-order valence-electron chi connectivity index (χ0n) is 13.6. The number of imidazole rings is 1. The Kier molecular flexibility index (Phi) is 5.46. The zero-order valence-corrected chi connectivity index (χ0v) is 13.6. The van der Waals surface area contributed by atoms with Crippen LogP contribution in [0.15, 0.2) is 43.0 Å². The van der Waals surface area contributed by atoms with Crippen molar-refractivity contribution in [2.24, 2.45) is 5.92 Å². The second-order valence-electron chi connectivity index (χ2n) is 6.53. The number of rotatable bonds is 6. The minimum Gasteiger partial charge on any atom is -0.333 e. The van der Waals surface area contributed by atoms with Gasteiger partial charge in [-0.15, -0.1) is 0 Å². The third kappa shape index (κ3) is 4.95. The molecule has 0 unspecified atom stereocenters. The van der Waals surface area contributed by atoms with Crippen LogP contribution in [0.2, 0.25) is 0 Å². The largest absolute Gasteiger partial charge is 0.333 e. The van der Waals surface area contributed by atoms with E-state index in [1.807, 2.05) is 29.0 Å². The lowest BCUT2D eigenvalue weighted by molar-refractivity contribution is -0.116. The summed E-state index contributed by atoms with van der Waals surface area (Å²) in [6, 6.07) is 8.05. The highest BCUT2D eigenvalue weighted by atomic mass is 16.1. The van der Waals surface area contributed by atoms with Crippen LogP contribution in [0, 0.1) is 5.92 Å². The monoisotopic (exact) mass is 311 g/mol. The van der Waals surface area contributed by atoms with E-state index in [1.165, 1.54) is 32.1 Å². The maximum atomic E-state index is 12.2. The van der Waals surface area contributed by atoms with E-state index in [4.69, 9.17) is 0 Å². The van der Waals surface area contributed by atoms with Crippen LogP contribution in [0.5, 0.6) is 0 Å². The number of hydrogen-bond donors (Lipinski definition) is 1. The summed E-state index contributed by atoms with van der Waals surface area (Å²) in [5.41, 5.74) is 2.05. The normalized spacial score (nSPS) is 15.5. The smallest absolute Gasteiger partial charge is 0.224 e. The van der Waals surface area contributed by atoms with Crippen molar-refractivity contribution >= 4 is 11.6 Å². The van der Waals surface area contributed by atoms with Crippen molar-refractivity contribution in [1.29, 1.82) is 0 Å². The number of carbonyl (C=O) groups excluding carboxylic acids is 1. The van der Waals surface area contributed by atoms with Crippen molar-refractivity contribution in [1.82, 2.24) is 9.55 Å². The summed E-state index contributed by atoms with van der Waals surface area (Å²) in [5, 5.41) is 3.04. The van der Waals surface area contributed by atoms with Crippen molar-refractivity contribution in [2.75, 3.05) is 5.32 Å². The van der Waals surface area contributed by atoms with E-state index in [2.05, 4.69) is 16.4 Å². The van der Waals surface area contributed by atoms with Gasteiger partial charge >= 0.3 is 0 Å². The van der Waals surface area contributed by atoms with Crippen molar-refractivity contribution in [3.63, 3.8) is 0 Å². The Labute approximate surface area is 137 Å². The first-order valence-corrected chi connectivity index (χ1v) is 8.64. The molecule has 1 fully saturated rings. The third-order valence-corrected chi connectivity index (χ3v) is 4.64. The molecule has 4 heteroatoms. The molecule has 1 amide bonds. The maximum Gasteiger partial charge on any atom is 0.224 e. The van der Waals surface area contributed by atoms with Gasteiger partial charge in [0.1, 0.15) is 0 Å². The number of hydrogen-bond acceptors (Lipinski definition) is 2. The molecule has 1 saturated carbocycles. The summed E-state index contributed by atoms with van der Waals surface area (Å²) in [4.78, 5) is 16.2. The second kappa shape index (κ2) is 7.95. The maximum absolute atomic E-state index is 12.2. The Hall–Kier alpha value is -2.10. The van der Waals surface area contributed by atoms with Crippen LogP contribution in [0.25, 0.3) is 0 Å². The van der Waals surface area contributed by atoms with Gasteiger partial charge in [0, 0.05) is 31.0 Å². The predicted molar refractivity (Wildman–Crippen MR) is 92.2 cm³/mol. The molecule has 3 rings (SSSR count). The number of anilines is 1. The number of benzene rings is 1. The first-order chi connectivity index (χ1) is 11.3. The molecule has 23 heavy (non-hydrogen) atoms. The lowest BCUT2D eigenvalue weighted by Crippen LogP contribution is -2.15. The van der Waals surface area contributed by atoms with E-state index in [-0.39, 0.29) is 5.91 Å². The summed E-state index contributed by atoms with van der Waals surface area (Å²) < 4.78 is 2.02. The van der Waals surface area contributed by atoms with Gasteiger partial charge in [-0.25, -0.2) is 4.98 Å². The average molecular weight is 311 g/mol. The highest BCUT2D eigenvalue weighted by Gasteiger charge is 2.14. The molecule has 0 spiro atoms. The number of aromatic nitrogens is 2. The van der Waals surface area contributed by atoms with Crippen LogP contribution in [0.3, 0.4) is 0 Å². The summed E-state index contributed by atoms with van der Waals surface area (Å²) in [7, 11) is 0. The lowest BCUT2D eigenvalue weighted by atomic mass is 9.86. The number of carbonyl (C=O) groups is 1. The van der Waals surface area contributed by atoms with Gasteiger partial charge in [-0.05, 0) is 30.0 Å². The van der Waals surface area contributed by atoms with Crippen LogP contribution in [0.4, 0.5) is 5.69 Å². The van der Waals surface area contributed by atoms with Crippen LogP contribution >= 0.6 is 0 Å². The molecule has 0 saturated heterocycles. The van der Waals surface area contributed by atoms with Gasteiger partial charge in [-0.3, -0.25) is 4.79 Å². The van der Waals surface area contributed by atoms with E-state index < -0.39 is 0 Å². The first kappa shape index (κ1) is 15.8. The van der Waals surface area contributed by atoms with E-state index in [9.17, 15) is 4.79 Å². The molecule has 2 aromatic rings. The first-order valence-electron chi connectivity index (χ1n) is 8.64. The molecule has 122 valence electrons. The molecule has 1 aromatic carbocycles. The Morgan fingerprint density at radius 1 is 1.26 bits per heavy atom. The van der Waals surface area contributed by atoms with Crippen LogP contribution < -0.4 is 5.32 Å². The van der Waals surface area contributed by atoms with Crippen molar-refractivity contribution in [3.8, 4) is 0 Å². The van der Waals surface area contributed by atoms with Crippen LogP contribution in [0.1, 0.15) is 50.5 Å². The van der Waals surface area contributed by atoms with Gasteiger partial charge in [0.25, 0.3) is 0 Å². The minimum absolute atomic E-state index is 0.135. The minimum atomic E-state index is 0.135. The van der Waals surface area contributed by atoms with E-state index in [1.54, 1.807) is 12.5 Å². The Bertz CT molecular complexity index is 615.